The summed E-state index contributed by atoms with van der Waals surface area (Å²) in [5.74, 6) is 0.142. The molecule has 0 aromatic heterocycles. The molecule has 0 saturated carbocycles. The Hall–Kier alpha value is -1.84. The van der Waals surface area contributed by atoms with E-state index < -0.39 is 5.41 Å². The number of likely N-dealkylation sites (tertiary alicyclic amines) is 1. The number of benzene rings is 1. The summed E-state index contributed by atoms with van der Waals surface area (Å²) in [6, 6.07) is 9.54. The van der Waals surface area contributed by atoms with Crippen LogP contribution in [0.25, 0.3) is 0 Å². The van der Waals surface area contributed by atoms with E-state index in [9.17, 15) is 9.59 Å². The fourth-order valence-electron chi connectivity index (χ4n) is 2.90. The van der Waals surface area contributed by atoms with Gasteiger partial charge in [-0.25, -0.2) is 0 Å². The molecule has 1 saturated heterocycles. The van der Waals surface area contributed by atoms with E-state index in [-0.39, 0.29) is 17.9 Å². The van der Waals surface area contributed by atoms with E-state index in [1.54, 1.807) is 0 Å². The molecule has 1 heterocycles. The Labute approximate surface area is 145 Å². The lowest BCUT2D eigenvalue weighted by molar-refractivity contribution is -0.134. The summed E-state index contributed by atoms with van der Waals surface area (Å²) in [6.45, 7) is 7.58. The number of nitrogens with one attached hydrogen (secondary N) is 1. The van der Waals surface area contributed by atoms with Crippen molar-refractivity contribution < 1.29 is 9.59 Å². The van der Waals surface area contributed by atoms with Crippen molar-refractivity contribution in [1.29, 1.82) is 0 Å². The molecule has 0 aliphatic carbocycles. The Morgan fingerprint density at radius 2 is 1.75 bits per heavy atom. The van der Waals surface area contributed by atoms with Crippen molar-refractivity contribution in [3.8, 4) is 0 Å². The summed E-state index contributed by atoms with van der Waals surface area (Å²) in [5, 5.41) is 3.11. The van der Waals surface area contributed by atoms with Gasteiger partial charge < -0.3 is 10.2 Å². The number of hydrogen-bond acceptors (Lipinski definition) is 2. The lowest BCUT2D eigenvalue weighted by Crippen LogP contribution is -2.42. The van der Waals surface area contributed by atoms with Crippen molar-refractivity contribution in [2.75, 3.05) is 13.1 Å². The van der Waals surface area contributed by atoms with Crippen molar-refractivity contribution in [1.82, 2.24) is 10.2 Å². The standard InChI is InChI=1S/C20H30N2O2/c1-4-20(2,3)19(24)21-17(16-11-7-5-8-12-16)15-18(23)22-13-9-6-10-14-22/h5,7-8,11-12,17H,4,6,9-10,13-15H2,1-3H3,(H,21,24). The second kappa shape index (κ2) is 8.32. The fourth-order valence-corrected chi connectivity index (χ4v) is 2.90. The fraction of sp³-hybridized carbons (Fsp3) is 0.600. The predicted molar refractivity (Wildman–Crippen MR) is 96.4 cm³/mol. The maximum absolute atomic E-state index is 12.7. The third-order valence-electron chi connectivity index (χ3n) is 5.09. The van der Waals surface area contributed by atoms with E-state index in [1.807, 2.05) is 56.0 Å². The van der Waals surface area contributed by atoms with Gasteiger partial charge in [-0.1, -0.05) is 51.1 Å². The summed E-state index contributed by atoms with van der Waals surface area (Å²) in [5.41, 5.74) is 0.560. The van der Waals surface area contributed by atoms with Crippen LogP contribution >= 0.6 is 0 Å². The normalized spacial score (nSPS) is 16.5. The van der Waals surface area contributed by atoms with Crippen molar-refractivity contribution in [2.24, 2.45) is 5.41 Å². The number of hydrogen-bond donors (Lipinski definition) is 1. The van der Waals surface area contributed by atoms with Crippen LogP contribution in [0.1, 0.15) is 64.5 Å². The molecule has 1 unspecified atom stereocenters. The van der Waals surface area contributed by atoms with Crippen molar-refractivity contribution in [3.63, 3.8) is 0 Å². The number of carbonyl (C=O) groups excluding carboxylic acids is 2. The van der Waals surface area contributed by atoms with Gasteiger partial charge in [0.25, 0.3) is 0 Å². The molecule has 0 radical (unpaired) electrons. The molecule has 4 heteroatoms. The smallest absolute Gasteiger partial charge is 0.226 e. The van der Waals surface area contributed by atoms with Crippen LogP contribution in [0.4, 0.5) is 0 Å². The Kier molecular flexibility index (Phi) is 6.41. The van der Waals surface area contributed by atoms with Gasteiger partial charge in [-0.15, -0.1) is 0 Å². The molecule has 1 aliphatic rings. The molecule has 1 fully saturated rings. The Balaban J connectivity index is 2.11. The molecule has 1 atom stereocenters. The Bertz CT molecular complexity index is 548. The summed E-state index contributed by atoms with van der Waals surface area (Å²) >= 11 is 0. The van der Waals surface area contributed by atoms with Gasteiger partial charge in [-0.3, -0.25) is 9.59 Å². The van der Waals surface area contributed by atoms with E-state index in [0.29, 0.717) is 6.42 Å². The first-order chi connectivity index (χ1) is 11.4. The van der Waals surface area contributed by atoms with Crippen LogP contribution in [0.15, 0.2) is 30.3 Å². The summed E-state index contributed by atoms with van der Waals surface area (Å²) in [4.78, 5) is 27.2. The van der Waals surface area contributed by atoms with Crippen LogP contribution in [0, 0.1) is 5.41 Å². The number of rotatable bonds is 6. The molecular formula is C20H30N2O2. The topological polar surface area (TPSA) is 49.4 Å². The molecule has 4 nitrogen and oxygen atoms in total. The van der Waals surface area contributed by atoms with Crippen LogP contribution < -0.4 is 5.32 Å². The molecule has 2 rings (SSSR count). The molecule has 24 heavy (non-hydrogen) atoms. The highest BCUT2D eigenvalue weighted by atomic mass is 16.2. The van der Waals surface area contributed by atoms with Gasteiger partial charge in [0, 0.05) is 18.5 Å². The van der Waals surface area contributed by atoms with Crippen molar-refractivity contribution in [3.05, 3.63) is 35.9 Å². The van der Waals surface area contributed by atoms with Crippen LogP contribution in [0.5, 0.6) is 0 Å². The third-order valence-corrected chi connectivity index (χ3v) is 5.09. The SMILES string of the molecule is CCC(C)(C)C(=O)NC(CC(=O)N1CCCCC1)c1ccccc1. The van der Waals surface area contributed by atoms with Crippen molar-refractivity contribution in [2.45, 2.75) is 58.9 Å². The van der Waals surface area contributed by atoms with Gasteiger partial charge in [0.1, 0.15) is 0 Å². The average Bonchev–Trinajstić information content (AvgIpc) is 2.62. The lowest BCUT2D eigenvalue weighted by atomic mass is 9.88. The summed E-state index contributed by atoms with van der Waals surface area (Å²) in [6.07, 6.45) is 4.46. The van der Waals surface area contributed by atoms with Gasteiger partial charge in [0.2, 0.25) is 11.8 Å². The second-order valence-electron chi connectivity index (χ2n) is 7.32. The number of carbonyl (C=O) groups is 2. The largest absolute Gasteiger partial charge is 0.348 e. The van der Waals surface area contributed by atoms with Gasteiger partial charge >= 0.3 is 0 Å². The monoisotopic (exact) mass is 330 g/mol. The van der Waals surface area contributed by atoms with Crippen LogP contribution in [0.3, 0.4) is 0 Å². The third kappa shape index (κ3) is 4.83. The first kappa shape index (κ1) is 18.5. The second-order valence-corrected chi connectivity index (χ2v) is 7.32. The number of nitrogens with zero attached hydrogens (tertiary/aromatic N) is 1. The van der Waals surface area contributed by atoms with Crippen LogP contribution in [-0.4, -0.2) is 29.8 Å². The van der Waals surface area contributed by atoms with E-state index >= 15 is 0 Å². The molecule has 1 aliphatic heterocycles. The number of amides is 2. The highest BCUT2D eigenvalue weighted by Crippen LogP contribution is 2.24. The van der Waals surface area contributed by atoms with Crippen molar-refractivity contribution >= 4 is 11.8 Å². The first-order valence-electron chi connectivity index (χ1n) is 9.07. The average molecular weight is 330 g/mol. The highest BCUT2D eigenvalue weighted by Gasteiger charge is 2.29. The highest BCUT2D eigenvalue weighted by molar-refractivity contribution is 5.83. The van der Waals surface area contributed by atoms with Crippen LogP contribution in [-0.2, 0) is 9.59 Å². The zero-order valence-electron chi connectivity index (χ0n) is 15.2. The minimum atomic E-state index is -0.429. The van der Waals surface area contributed by atoms with Gasteiger partial charge in [-0.2, -0.15) is 0 Å². The minimum absolute atomic E-state index is 0.00490. The van der Waals surface area contributed by atoms with Gasteiger partial charge in [0.05, 0.1) is 12.5 Å². The maximum Gasteiger partial charge on any atom is 0.226 e. The molecule has 1 N–H and O–H groups in total. The van der Waals surface area contributed by atoms with E-state index in [2.05, 4.69) is 5.32 Å². The lowest BCUT2D eigenvalue weighted by Gasteiger charge is -2.30. The molecule has 0 bridgehead atoms. The summed E-state index contributed by atoms with van der Waals surface area (Å²) in [7, 11) is 0. The molecule has 1 aromatic rings. The quantitative estimate of drug-likeness (QED) is 0.865. The molecule has 1 aromatic carbocycles. The van der Waals surface area contributed by atoms with E-state index in [1.165, 1.54) is 6.42 Å². The minimum Gasteiger partial charge on any atom is -0.348 e. The molecule has 132 valence electrons. The predicted octanol–water partition coefficient (Wildman–Crippen LogP) is 3.68. The van der Waals surface area contributed by atoms with Crippen LogP contribution in [0.2, 0.25) is 0 Å². The van der Waals surface area contributed by atoms with E-state index in [0.717, 1.165) is 37.9 Å². The van der Waals surface area contributed by atoms with E-state index in [4.69, 9.17) is 0 Å². The first-order valence-corrected chi connectivity index (χ1v) is 9.07. The Morgan fingerprint density at radius 1 is 1.12 bits per heavy atom. The maximum atomic E-state index is 12.7. The molecular weight excluding hydrogens is 300 g/mol. The summed E-state index contributed by atoms with van der Waals surface area (Å²) < 4.78 is 0. The zero-order valence-corrected chi connectivity index (χ0v) is 15.2. The van der Waals surface area contributed by atoms with Gasteiger partial charge in [-0.05, 0) is 31.2 Å². The number of piperidine rings is 1. The Morgan fingerprint density at radius 3 is 2.33 bits per heavy atom. The molecule has 2 amide bonds. The molecule has 0 spiro atoms. The van der Waals surface area contributed by atoms with Gasteiger partial charge in [0.15, 0.2) is 0 Å². The zero-order chi connectivity index (χ0) is 17.6.